The lowest BCUT2D eigenvalue weighted by Gasteiger charge is -2.11. The Morgan fingerprint density at radius 1 is 1.22 bits per heavy atom. The summed E-state index contributed by atoms with van der Waals surface area (Å²) in [5, 5.41) is 0.783. The third-order valence-electron chi connectivity index (χ3n) is 4.00. The second-order valence-electron chi connectivity index (χ2n) is 6.17. The van der Waals surface area contributed by atoms with Crippen LogP contribution in [0.3, 0.4) is 0 Å². The lowest BCUT2D eigenvalue weighted by molar-refractivity contribution is 0.394. The van der Waals surface area contributed by atoms with Gasteiger partial charge in [0.15, 0.2) is 22.1 Å². The lowest BCUT2D eigenvalue weighted by atomic mass is 10.3. The van der Waals surface area contributed by atoms with Crippen LogP contribution in [-0.4, -0.2) is 33.7 Å². The molecule has 1 aromatic carbocycles. The van der Waals surface area contributed by atoms with Crippen molar-refractivity contribution < 1.29 is 9.47 Å². The number of nitrogens with zero attached hydrogens (tertiary/aromatic N) is 4. The van der Waals surface area contributed by atoms with E-state index in [1.807, 2.05) is 18.2 Å². The highest BCUT2D eigenvalue weighted by Gasteiger charge is 2.17. The predicted molar refractivity (Wildman–Crippen MR) is 107 cm³/mol. The molecule has 142 valence electrons. The monoisotopic (exact) mass is 385 g/mol. The van der Waals surface area contributed by atoms with E-state index in [2.05, 4.69) is 34.5 Å². The SMILES string of the molecule is COc1ccc(OC)c(Sc2nc3c(N)ncnc3n2CCC=C(C)C)c1. The molecule has 0 saturated carbocycles. The van der Waals surface area contributed by atoms with Gasteiger partial charge in [0, 0.05) is 6.54 Å². The zero-order valence-electron chi connectivity index (χ0n) is 15.9. The fourth-order valence-electron chi connectivity index (χ4n) is 2.66. The van der Waals surface area contributed by atoms with Gasteiger partial charge in [0.25, 0.3) is 0 Å². The van der Waals surface area contributed by atoms with Gasteiger partial charge in [0.05, 0.1) is 19.1 Å². The van der Waals surface area contributed by atoms with E-state index < -0.39 is 0 Å². The van der Waals surface area contributed by atoms with Gasteiger partial charge in [-0.1, -0.05) is 11.6 Å². The first kappa shape index (κ1) is 19.0. The highest BCUT2D eigenvalue weighted by atomic mass is 32.2. The third-order valence-corrected chi connectivity index (χ3v) is 5.04. The molecular formula is C19H23N5O2S. The molecule has 2 heterocycles. The highest BCUT2D eigenvalue weighted by Crippen LogP contribution is 2.38. The maximum absolute atomic E-state index is 6.02. The van der Waals surface area contributed by atoms with E-state index in [1.165, 1.54) is 23.7 Å². The number of anilines is 1. The largest absolute Gasteiger partial charge is 0.497 e. The molecule has 0 fully saturated rings. The third kappa shape index (κ3) is 4.16. The molecule has 0 radical (unpaired) electrons. The number of fused-ring (bicyclic) bond motifs is 1. The molecule has 0 unspecified atom stereocenters. The van der Waals surface area contributed by atoms with Gasteiger partial charge in [0.1, 0.15) is 17.8 Å². The minimum Gasteiger partial charge on any atom is -0.497 e. The number of aromatic nitrogens is 4. The molecule has 8 heteroatoms. The fraction of sp³-hybridized carbons (Fsp3) is 0.316. The first-order valence-corrected chi connectivity index (χ1v) is 9.35. The van der Waals surface area contributed by atoms with Crippen molar-refractivity contribution in [2.24, 2.45) is 0 Å². The number of ether oxygens (including phenoxy) is 2. The second kappa shape index (κ2) is 8.30. The normalized spacial score (nSPS) is 10.8. The zero-order valence-corrected chi connectivity index (χ0v) is 16.7. The van der Waals surface area contributed by atoms with E-state index in [0.29, 0.717) is 11.3 Å². The van der Waals surface area contributed by atoms with Crippen molar-refractivity contribution in [1.29, 1.82) is 0 Å². The number of hydrogen-bond acceptors (Lipinski definition) is 7. The Kier molecular flexibility index (Phi) is 5.85. The van der Waals surface area contributed by atoms with Gasteiger partial charge >= 0.3 is 0 Å². The van der Waals surface area contributed by atoms with Crippen molar-refractivity contribution in [2.75, 3.05) is 20.0 Å². The molecule has 7 nitrogen and oxygen atoms in total. The summed E-state index contributed by atoms with van der Waals surface area (Å²) in [6, 6.07) is 5.67. The van der Waals surface area contributed by atoms with Gasteiger partial charge in [0.2, 0.25) is 0 Å². The maximum Gasteiger partial charge on any atom is 0.175 e. The number of methoxy groups -OCH3 is 2. The van der Waals surface area contributed by atoms with Gasteiger partial charge in [-0.15, -0.1) is 0 Å². The van der Waals surface area contributed by atoms with Crippen LogP contribution in [0.25, 0.3) is 11.2 Å². The van der Waals surface area contributed by atoms with Crippen molar-refractivity contribution in [2.45, 2.75) is 36.9 Å². The average Bonchev–Trinajstić information content (AvgIpc) is 3.00. The van der Waals surface area contributed by atoms with Gasteiger partial charge in [-0.2, -0.15) is 0 Å². The Labute approximate surface area is 162 Å². The summed E-state index contributed by atoms with van der Waals surface area (Å²) in [4.78, 5) is 14.1. The van der Waals surface area contributed by atoms with Crippen LogP contribution in [-0.2, 0) is 6.54 Å². The van der Waals surface area contributed by atoms with Crippen LogP contribution in [0.5, 0.6) is 11.5 Å². The Bertz CT molecular complexity index is 980. The minimum absolute atomic E-state index is 0.375. The summed E-state index contributed by atoms with van der Waals surface area (Å²) in [5.74, 6) is 1.88. The van der Waals surface area contributed by atoms with E-state index in [1.54, 1.807) is 14.2 Å². The van der Waals surface area contributed by atoms with Crippen LogP contribution >= 0.6 is 11.8 Å². The molecule has 0 aliphatic rings. The minimum atomic E-state index is 0.375. The Balaban J connectivity index is 2.05. The molecule has 2 aromatic heterocycles. The summed E-state index contributed by atoms with van der Waals surface area (Å²) >= 11 is 1.49. The highest BCUT2D eigenvalue weighted by molar-refractivity contribution is 7.99. The van der Waals surface area contributed by atoms with Crippen molar-refractivity contribution in [3.8, 4) is 11.5 Å². The van der Waals surface area contributed by atoms with Gasteiger partial charge in [-0.25, -0.2) is 15.0 Å². The first-order chi connectivity index (χ1) is 13.0. The molecule has 0 bridgehead atoms. The first-order valence-electron chi connectivity index (χ1n) is 8.53. The zero-order chi connectivity index (χ0) is 19.4. The lowest BCUT2D eigenvalue weighted by Crippen LogP contribution is -2.01. The molecule has 0 saturated heterocycles. The fourth-order valence-corrected chi connectivity index (χ4v) is 3.71. The maximum atomic E-state index is 6.02. The quantitative estimate of drug-likeness (QED) is 0.616. The van der Waals surface area contributed by atoms with E-state index >= 15 is 0 Å². The van der Waals surface area contributed by atoms with Crippen LogP contribution in [0.4, 0.5) is 5.82 Å². The van der Waals surface area contributed by atoms with Crippen LogP contribution in [0, 0.1) is 0 Å². The Morgan fingerprint density at radius 2 is 2.04 bits per heavy atom. The Morgan fingerprint density at radius 3 is 2.74 bits per heavy atom. The molecule has 0 amide bonds. The van der Waals surface area contributed by atoms with Crippen LogP contribution in [0.2, 0.25) is 0 Å². The molecule has 0 aliphatic carbocycles. The number of allylic oxidation sites excluding steroid dienone is 2. The topological polar surface area (TPSA) is 88.1 Å². The number of rotatable bonds is 7. The molecule has 0 spiro atoms. The molecular weight excluding hydrogens is 362 g/mol. The van der Waals surface area contributed by atoms with Gasteiger partial charge < -0.3 is 19.8 Å². The predicted octanol–water partition coefficient (Wildman–Crippen LogP) is 3.93. The van der Waals surface area contributed by atoms with Crippen LogP contribution < -0.4 is 15.2 Å². The number of nitrogen functional groups attached to an aromatic ring is 1. The van der Waals surface area contributed by atoms with Gasteiger partial charge in [-0.3, -0.25) is 0 Å². The smallest absolute Gasteiger partial charge is 0.175 e. The molecule has 2 N–H and O–H groups in total. The van der Waals surface area contributed by atoms with Crippen LogP contribution in [0.1, 0.15) is 20.3 Å². The van der Waals surface area contributed by atoms with E-state index in [4.69, 9.17) is 20.2 Å². The Hall–Kier alpha value is -2.74. The average molecular weight is 385 g/mol. The molecule has 0 aliphatic heterocycles. The number of benzene rings is 1. The van der Waals surface area contributed by atoms with E-state index in [9.17, 15) is 0 Å². The molecule has 3 rings (SSSR count). The van der Waals surface area contributed by atoms with Crippen LogP contribution in [0.15, 0.2) is 46.2 Å². The summed E-state index contributed by atoms with van der Waals surface area (Å²) in [6.07, 6.45) is 4.54. The number of nitrogens with two attached hydrogens (primary N) is 1. The van der Waals surface area contributed by atoms with Crippen molar-refractivity contribution in [3.05, 3.63) is 36.2 Å². The van der Waals surface area contributed by atoms with E-state index in [-0.39, 0.29) is 0 Å². The molecule has 3 aromatic rings. The molecule has 0 atom stereocenters. The summed E-state index contributed by atoms with van der Waals surface area (Å²) in [5.41, 5.74) is 8.63. The van der Waals surface area contributed by atoms with Crippen molar-refractivity contribution in [1.82, 2.24) is 19.5 Å². The second-order valence-corrected chi connectivity index (χ2v) is 7.18. The standard InChI is InChI=1S/C19H23N5O2S/c1-12(2)6-5-9-24-18-16(17(20)21-11-22-18)23-19(24)27-15-10-13(25-3)7-8-14(15)26-4/h6-8,10-11H,5,9H2,1-4H3,(H2,20,21,22). The summed E-state index contributed by atoms with van der Waals surface area (Å²) < 4.78 is 12.9. The van der Waals surface area contributed by atoms with Gasteiger partial charge in [-0.05, 0) is 50.2 Å². The number of hydrogen-bond donors (Lipinski definition) is 1. The summed E-state index contributed by atoms with van der Waals surface area (Å²) in [6.45, 7) is 4.92. The number of aryl methyl sites for hydroxylation is 1. The van der Waals surface area contributed by atoms with Crippen molar-refractivity contribution >= 4 is 28.7 Å². The summed E-state index contributed by atoms with van der Waals surface area (Å²) in [7, 11) is 3.29. The number of imidazole rings is 1. The van der Waals surface area contributed by atoms with E-state index in [0.717, 1.165) is 40.2 Å². The molecule has 27 heavy (non-hydrogen) atoms. The van der Waals surface area contributed by atoms with Crippen molar-refractivity contribution in [3.63, 3.8) is 0 Å².